The molecule has 5 aromatic rings. The van der Waals surface area contributed by atoms with Crippen LogP contribution in [-0.2, 0) is 16.6 Å². The number of methoxy groups -OCH3 is 1. The van der Waals surface area contributed by atoms with Crippen molar-refractivity contribution in [2.75, 3.05) is 32.1 Å². The van der Waals surface area contributed by atoms with Gasteiger partial charge in [0.1, 0.15) is 17.6 Å². The molecule has 13 nitrogen and oxygen atoms in total. The molecule has 3 aliphatic rings. The number of nitrogens with one attached hydrogen (secondary N) is 2. The maximum atomic E-state index is 13.6. The molecule has 2 saturated heterocycles. The molecule has 3 fully saturated rings. The van der Waals surface area contributed by atoms with E-state index in [0.29, 0.717) is 29.7 Å². The fourth-order valence-electron chi connectivity index (χ4n) is 8.67. The average molecular weight is 723 g/mol. The van der Waals surface area contributed by atoms with Gasteiger partial charge in [-0.05, 0) is 93.6 Å². The van der Waals surface area contributed by atoms with Crippen molar-refractivity contribution in [3.63, 3.8) is 0 Å². The summed E-state index contributed by atoms with van der Waals surface area (Å²) in [7, 11) is 3.31. The molecule has 1 aliphatic carbocycles. The number of likely N-dealkylation sites (tertiary alicyclic amines) is 1. The number of piperidine rings is 2. The quantitative estimate of drug-likeness (QED) is 0.211. The van der Waals surface area contributed by atoms with E-state index in [1.54, 1.807) is 16.2 Å². The number of carbonyl (C=O) groups is 3. The van der Waals surface area contributed by atoms with Gasteiger partial charge in [0.25, 0.3) is 5.91 Å². The highest BCUT2D eigenvalue weighted by Crippen LogP contribution is 2.38. The molecule has 0 bridgehead atoms. The topological polar surface area (TPSA) is 145 Å². The number of amides is 3. The fraction of sp³-hybridized carbons (Fsp3) is 0.436. The number of para-hydroxylation sites is 1. The normalized spacial score (nSPS) is 21.6. The zero-order valence-electron chi connectivity index (χ0n) is 29.9. The smallest absolute Gasteiger partial charge is 0.329 e. The van der Waals surface area contributed by atoms with E-state index in [4.69, 9.17) is 9.84 Å². The number of rotatable bonds is 8. The summed E-state index contributed by atoms with van der Waals surface area (Å²) in [6, 6.07) is 10.4. The van der Waals surface area contributed by atoms with Gasteiger partial charge in [-0.3, -0.25) is 38.5 Å². The number of nitrogens with zero attached hydrogens (tertiary/aromatic N) is 6. The Bertz CT molecular complexity index is 2280. The van der Waals surface area contributed by atoms with Crippen molar-refractivity contribution in [1.29, 1.82) is 0 Å². The van der Waals surface area contributed by atoms with Crippen LogP contribution in [-0.4, -0.2) is 73.3 Å². The number of imidazole rings is 1. The number of benzene rings is 2. The van der Waals surface area contributed by atoms with Crippen LogP contribution in [0, 0.1) is 11.7 Å². The minimum absolute atomic E-state index is 0.119. The van der Waals surface area contributed by atoms with Crippen molar-refractivity contribution in [2.24, 2.45) is 13.0 Å². The van der Waals surface area contributed by atoms with Crippen LogP contribution >= 0.6 is 0 Å². The molecule has 14 heteroatoms. The number of aromatic nitrogens is 5. The first-order valence-electron chi connectivity index (χ1n) is 18.4. The number of anilines is 1. The predicted molar refractivity (Wildman–Crippen MR) is 196 cm³/mol. The van der Waals surface area contributed by atoms with Crippen LogP contribution in [0.25, 0.3) is 21.9 Å². The van der Waals surface area contributed by atoms with Crippen molar-refractivity contribution in [3.05, 3.63) is 82.4 Å². The maximum absolute atomic E-state index is 13.6. The van der Waals surface area contributed by atoms with Gasteiger partial charge in [0.2, 0.25) is 11.8 Å². The Balaban J connectivity index is 0.880. The van der Waals surface area contributed by atoms with Crippen LogP contribution in [0.4, 0.5) is 10.1 Å². The standard InChI is InChI=1S/C39H43FN8O5/c1-45-36-29(4-3-5-32(36)48(39(45)52)33-10-11-35(49)43-38(33)51)24-12-14-46(15-13-24)21-23-6-8-28(9-7-23)47-22-26-17-31(34(53-2)18-30(26)44-47)42-37(50)25-16-27(40)20-41-19-25/h3-5,16-20,22-24,28,33H,6-15,21H2,1-2H3,(H,42,50)(H,43,49,51)/t23-,28-,33?. The highest BCUT2D eigenvalue weighted by molar-refractivity contribution is 6.06. The van der Waals surface area contributed by atoms with Gasteiger partial charge in [-0.2, -0.15) is 5.10 Å². The molecule has 8 rings (SSSR count). The third-order valence-corrected chi connectivity index (χ3v) is 11.4. The molecule has 0 radical (unpaired) electrons. The third kappa shape index (κ3) is 6.71. The molecular weight excluding hydrogens is 679 g/mol. The SMILES string of the molecule is COc1cc2nn([C@H]3CC[C@H](CN4CCC(c5cccc6c5n(C)c(=O)n6C5CCC(=O)NC5=O)CC4)CC3)cc2cc1NC(=O)c1cncc(F)c1. The minimum atomic E-state index is -0.688. The van der Waals surface area contributed by atoms with Gasteiger partial charge in [-0.1, -0.05) is 12.1 Å². The zero-order valence-corrected chi connectivity index (χ0v) is 29.9. The molecule has 2 N–H and O–H groups in total. The molecule has 3 amide bonds. The molecule has 5 heterocycles. The van der Waals surface area contributed by atoms with E-state index in [0.717, 1.165) is 97.9 Å². The maximum Gasteiger partial charge on any atom is 0.329 e. The number of carbonyl (C=O) groups excluding carboxylic acids is 3. The Morgan fingerprint density at radius 1 is 1.02 bits per heavy atom. The Morgan fingerprint density at radius 3 is 2.55 bits per heavy atom. The van der Waals surface area contributed by atoms with E-state index < -0.39 is 23.7 Å². The van der Waals surface area contributed by atoms with E-state index in [9.17, 15) is 23.6 Å². The highest BCUT2D eigenvalue weighted by atomic mass is 19.1. The number of fused-ring (bicyclic) bond motifs is 2. The van der Waals surface area contributed by atoms with Gasteiger partial charge in [0.05, 0.1) is 47.1 Å². The summed E-state index contributed by atoms with van der Waals surface area (Å²) in [4.78, 5) is 57.0. The lowest BCUT2D eigenvalue weighted by molar-refractivity contribution is -0.135. The second kappa shape index (κ2) is 14.2. The average Bonchev–Trinajstić information content (AvgIpc) is 3.69. The van der Waals surface area contributed by atoms with Crippen molar-refractivity contribution in [1.82, 2.24) is 34.1 Å². The highest BCUT2D eigenvalue weighted by Gasteiger charge is 2.33. The van der Waals surface area contributed by atoms with E-state index in [2.05, 4.69) is 31.3 Å². The van der Waals surface area contributed by atoms with Crippen molar-refractivity contribution in [2.45, 2.75) is 69.4 Å². The lowest BCUT2D eigenvalue weighted by atomic mass is 9.84. The van der Waals surface area contributed by atoms with Crippen LogP contribution in [0.2, 0.25) is 0 Å². The molecule has 276 valence electrons. The van der Waals surface area contributed by atoms with Crippen molar-refractivity contribution >= 4 is 45.3 Å². The van der Waals surface area contributed by atoms with Crippen LogP contribution in [0.15, 0.2) is 59.8 Å². The molecule has 2 aromatic carbocycles. The Hall–Kier alpha value is -5.37. The molecule has 1 atom stereocenters. The molecule has 0 spiro atoms. The summed E-state index contributed by atoms with van der Waals surface area (Å²) in [5, 5.41) is 11.0. The Morgan fingerprint density at radius 2 is 1.81 bits per heavy atom. The Kier molecular flexibility index (Phi) is 9.31. The van der Waals surface area contributed by atoms with Gasteiger partial charge in [-0.15, -0.1) is 0 Å². The molecule has 1 saturated carbocycles. The van der Waals surface area contributed by atoms with E-state index >= 15 is 0 Å². The lowest BCUT2D eigenvalue weighted by Gasteiger charge is -2.37. The fourth-order valence-corrected chi connectivity index (χ4v) is 8.67. The number of ether oxygens (including phenoxy) is 1. The first kappa shape index (κ1) is 34.7. The van der Waals surface area contributed by atoms with Gasteiger partial charge in [0.15, 0.2) is 0 Å². The van der Waals surface area contributed by atoms with Gasteiger partial charge >= 0.3 is 5.69 Å². The number of imide groups is 1. The van der Waals surface area contributed by atoms with E-state index in [1.807, 2.05) is 30.5 Å². The van der Waals surface area contributed by atoms with Gasteiger partial charge in [-0.25, -0.2) is 9.18 Å². The molecule has 3 aromatic heterocycles. The first-order chi connectivity index (χ1) is 25.7. The van der Waals surface area contributed by atoms with Crippen LogP contribution in [0.5, 0.6) is 5.75 Å². The number of pyridine rings is 1. The largest absolute Gasteiger partial charge is 0.494 e. The zero-order chi connectivity index (χ0) is 36.8. The van der Waals surface area contributed by atoms with Gasteiger partial charge < -0.3 is 15.0 Å². The second-order valence-corrected chi connectivity index (χ2v) is 14.7. The number of halogens is 1. The first-order valence-corrected chi connectivity index (χ1v) is 18.4. The summed E-state index contributed by atoms with van der Waals surface area (Å²) in [6.45, 7) is 3.05. The van der Waals surface area contributed by atoms with Crippen LogP contribution in [0.3, 0.4) is 0 Å². The van der Waals surface area contributed by atoms with Gasteiger partial charge in [0, 0.05) is 43.9 Å². The molecular formula is C39H43FN8O5. The summed E-state index contributed by atoms with van der Waals surface area (Å²) in [5.74, 6) is -0.374. The van der Waals surface area contributed by atoms with Crippen LogP contribution in [0.1, 0.15) is 85.3 Å². The summed E-state index contributed by atoms with van der Waals surface area (Å²) in [5.41, 5.74) is 3.93. The predicted octanol–water partition coefficient (Wildman–Crippen LogP) is 5.07. The van der Waals surface area contributed by atoms with Crippen molar-refractivity contribution < 1.29 is 23.5 Å². The summed E-state index contributed by atoms with van der Waals surface area (Å²) in [6.07, 6.45) is 11.2. The molecule has 53 heavy (non-hydrogen) atoms. The Labute approximate surface area is 305 Å². The molecule has 2 aliphatic heterocycles. The number of hydrogen-bond donors (Lipinski definition) is 2. The van der Waals surface area contributed by atoms with E-state index in [-0.39, 0.29) is 29.6 Å². The van der Waals surface area contributed by atoms with E-state index in [1.165, 1.54) is 13.3 Å². The molecule has 1 unspecified atom stereocenters. The monoisotopic (exact) mass is 722 g/mol. The minimum Gasteiger partial charge on any atom is -0.494 e. The van der Waals surface area contributed by atoms with Crippen molar-refractivity contribution in [3.8, 4) is 5.75 Å². The van der Waals surface area contributed by atoms with Crippen LogP contribution < -0.4 is 21.1 Å². The second-order valence-electron chi connectivity index (χ2n) is 14.7. The number of hydrogen-bond acceptors (Lipinski definition) is 8. The summed E-state index contributed by atoms with van der Waals surface area (Å²) < 4.78 is 24.5. The number of aryl methyl sites for hydroxylation is 1. The summed E-state index contributed by atoms with van der Waals surface area (Å²) >= 11 is 0. The lowest BCUT2D eigenvalue weighted by Crippen LogP contribution is -2.44. The third-order valence-electron chi connectivity index (χ3n) is 11.4.